The van der Waals surface area contributed by atoms with E-state index in [9.17, 15) is 21.6 Å². The Bertz CT molecular complexity index is 1510. The standard InChI is InChI=1S/C25H32N4O5S3.ClH/c1-18-7-6-14-28(17-18)37(33,34)20-12-10-19(11-13-20)24(30)29(16-15-27(2)3)25-26-23-21(35-25)8-5-9-22(23)36(4,31)32;/h5,8-13,18H,6-7,14-17H2,1-4H3;1H. The number of para-hydroxylation sites is 1. The molecule has 1 aliphatic rings. The molecule has 4 rings (SSSR count). The lowest BCUT2D eigenvalue weighted by molar-refractivity contribution is 0.0985. The zero-order chi connectivity index (χ0) is 27.0. The zero-order valence-electron chi connectivity index (χ0n) is 21.8. The van der Waals surface area contributed by atoms with Crippen molar-refractivity contribution in [1.29, 1.82) is 0 Å². The Hall–Kier alpha value is -2.09. The number of anilines is 1. The smallest absolute Gasteiger partial charge is 0.260 e. The Balaban J connectivity index is 0.00000400. The molecular formula is C25H33ClN4O5S3. The van der Waals surface area contributed by atoms with E-state index < -0.39 is 19.9 Å². The molecule has 0 N–H and O–H groups in total. The van der Waals surface area contributed by atoms with Crippen LogP contribution in [0.1, 0.15) is 30.1 Å². The van der Waals surface area contributed by atoms with Crippen molar-refractivity contribution in [2.24, 2.45) is 5.92 Å². The fraction of sp³-hybridized carbons (Fsp3) is 0.440. The van der Waals surface area contributed by atoms with Gasteiger partial charge < -0.3 is 4.90 Å². The Morgan fingerprint density at radius 1 is 1.08 bits per heavy atom. The van der Waals surface area contributed by atoms with Crippen molar-refractivity contribution in [3.8, 4) is 0 Å². The van der Waals surface area contributed by atoms with Gasteiger partial charge in [-0.2, -0.15) is 4.31 Å². The van der Waals surface area contributed by atoms with Gasteiger partial charge in [0.25, 0.3) is 5.91 Å². The second-order valence-electron chi connectivity index (χ2n) is 9.77. The van der Waals surface area contributed by atoms with Crippen LogP contribution in [0.3, 0.4) is 0 Å². The Morgan fingerprint density at radius 3 is 2.37 bits per heavy atom. The fourth-order valence-electron chi connectivity index (χ4n) is 4.35. The van der Waals surface area contributed by atoms with Gasteiger partial charge in [-0.05, 0) is 69.3 Å². The minimum atomic E-state index is -3.63. The van der Waals surface area contributed by atoms with Crippen LogP contribution in [0, 0.1) is 5.92 Å². The van der Waals surface area contributed by atoms with Crippen molar-refractivity contribution >= 4 is 64.9 Å². The maximum Gasteiger partial charge on any atom is 0.260 e. The number of halogens is 1. The molecule has 38 heavy (non-hydrogen) atoms. The number of likely N-dealkylation sites (N-methyl/N-ethyl adjacent to an activating group) is 1. The summed E-state index contributed by atoms with van der Waals surface area (Å²) in [7, 11) is -3.35. The van der Waals surface area contributed by atoms with Crippen molar-refractivity contribution < 1.29 is 21.6 Å². The predicted octanol–water partition coefficient (Wildman–Crippen LogP) is 3.75. The number of thiazole rings is 1. The number of amides is 1. The number of benzene rings is 2. The molecular weight excluding hydrogens is 568 g/mol. The second kappa shape index (κ2) is 12.0. The molecule has 0 saturated carbocycles. The van der Waals surface area contributed by atoms with Gasteiger partial charge in [-0.25, -0.2) is 21.8 Å². The maximum atomic E-state index is 13.6. The normalized spacial score (nSPS) is 16.9. The number of hydrogen-bond donors (Lipinski definition) is 0. The number of sulfone groups is 1. The van der Waals surface area contributed by atoms with Crippen LogP contribution in [0.2, 0.25) is 0 Å². The van der Waals surface area contributed by atoms with E-state index >= 15 is 0 Å². The lowest BCUT2D eigenvalue weighted by Crippen LogP contribution is -2.39. The van der Waals surface area contributed by atoms with Crippen molar-refractivity contribution in [1.82, 2.24) is 14.2 Å². The van der Waals surface area contributed by atoms with E-state index in [-0.39, 0.29) is 28.1 Å². The van der Waals surface area contributed by atoms with E-state index in [2.05, 4.69) is 4.98 Å². The predicted molar refractivity (Wildman–Crippen MR) is 154 cm³/mol. The minimum Gasteiger partial charge on any atom is -0.308 e. The van der Waals surface area contributed by atoms with Gasteiger partial charge in [0, 0.05) is 38.0 Å². The molecule has 3 aromatic rings. The highest BCUT2D eigenvalue weighted by molar-refractivity contribution is 7.91. The molecule has 1 amide bonds. The van der Waals surface area contributed by atoms with Crippen LogP contribution in [0.5, 0.6) is 0 Å². The summed E-state index contributed by atoms with van der Waals surface area (Å²) in [5.41, 5.74) is 0.664. The average molecular weight is 601 g/mol. The van der Waals surface area contributed by atoms with E-state index in [1.165, 1.54) is 50.9 Å². The number of nitrogens with zero attached hydrogens (tertiary/aromatic N) is 4. The van der Waals surface area contributed by atoms with Crippen LogP contribution in [0.4, 0.5) is 5.13 Å². The first-order chi connectivity index (χ1) is 17.4. The number of aromatic nitrogens is 1. The number of rotatable bonds is 8. The first-order valence-electron chi connectivity index (χ1n) is 12.0. The molecule has 0 radical (unpaired) electrons. The highest BCUT2D eigenvalue weighted by Crippen LogP contribution is 2.33. The molecule has 2 heterocycles. The van der Waals surface area contributed by atoms with Crippen LogP contribution in [-0.2, 0) is 19.9 Å². The van der Waals surface area contributed by atoms with Gasteiger partial charge in [0.05, 0.1) is 14.5 Å². The number of carbonyl (C=O) groups excluding carboxylic acids is 1. The quantitative estimate of drug-likeness (QED) is 0.387. The number of hydrogen-bond acceptors (Lipinski definition) is 8. The Morgan fingerprint density at radius 2 is 1.76 bits per heavy atom. The van der Waals surface area contributed by atoms with Crippen LogP contribution in [-0.4, -0.2) is 83.5 Å². The first kappa shape index (κ1) is 30.5. The fourth-order valence-corrected chi connectivity index (χ4v) is 7.86. The lowest BCUT2D eigenvalue weighted by Gasteiger charge is -2.30. The van der Waals surface area contributed by atoms with E-state index in [1.54, 1.807) is 12.1 Å². The third-order valence-corrected chi connectivity index (χ3v) is 10.4. The number of fused-ring (bicyclic) bond motifs is 1. The highest BCUT2D eigenvalue weighted by Gasteiger charge is 2.29. The molecule has 1 saturated heterocycles. The molecule has 1 unspecified atom stereocenters. The van der Waals surface area contributed by atoms with Crippen LogP contribution in [0.15, 0.2) is 52.3 Å². The molecule has 13 heteroatoms. The molecule has 0 bridgehead atoms. The molecule has 208 valence electrons. The molecule has 1 fully saturated rings. The number of carbonyl (C=O) groups is 1. The summed E-state index contributed by atoms with van der Waals surface area (Å²) in [5.74, 6) is -0.0241. The van der Waals surface area contributed by atoms with Gasteiger partial charge in [0.1, 0.15) is 5.52 Å². The molecule has 1 aromatic heterocycles. The van der Waals surface area contributed by atoms with Gasteiger partial charge in [-0.3, -0.25) is 9.69 Å². The summed E-state index contributed by atoms with van der Waals surface area (Å²) in [4.78, 5) is 21.9. The van der Waals surface area contributed by atoms with Crippen molar-refractivity contribution in [2.45, 2.75) is 29.6 Å². The minimum absolute atomic E-state index is 0. The summed E-state index contributed by atoms with van der Waals surface area (Å²) in [5, 5.41) is 0.386. The lowest BCUT2D eigenvalue weighted by atomic mass is 10.0. The van der Waals surface area contributed by atoms with Crippen molar-refractivity contribution in [3.63, 3.8) is 0 Å². The van der Waals surface area contributed by atoms with Crippen LogP contribution >= 0.6 is 23.7 Å². The average Bonchev–Trinajstić information content (AvgIpc) is 3.27. The second-order valence-corrected chi connectivity index (χ2v) is 14.7. The maximum absolute atomic E-state index is 13.6. The third-order valence-electron chi connectivity index (χ3n) is 6.38. The highest BCUT2D eigenvalue weighted by atomic mass is 35.5. The molecule has 2 aromatic carbocycles. The molecule has 9 nitrogen and oxygen atoms in total. The largest absolute Gasteiger partial charge is 0.308 e. The zero-order valence-corrected chi connectivity index (χ0v) is 25.1. The Labute approximate surface area is 234 Å². The van der Waals surface area contributed by atoms with Crippen molar-refractivity contribution in [3.05, 3.63) is 48.0 Å². The topological polar surface area (TPSA) is 108 Å². The van der Waals surface area contributed by atoms with Gasteiger partial charge in [-0.1, -0.05) is 24.3 Å². The summed E-state index contributed by atoms with van der Waals surface area (Å²) in [6.07, 6.45) is 2.98. The SMILES string of the molecule is CC1CCCN(S(=O)(=O)c2ccc(C(=O)N(CCN(C)C)c3nc4c(S(C)(=O)=O)cccc4s3)cc2)C1.Cl. The molecule has 1 aliphatic heterocycles. The van der Waals surface area contributed by atoms with E-state index in [0.29, 0.717) is 53.0 Å². The third kappa shape index (κ3) is 6.54. The molecule has 1 atom stereocenters. The summed E-state index contributed by atoms with van der Waals surface area (Å²) < 4.78 is 53.0. The van der Waals surface area contributed by atoms with E-state index in [1.807, 2.05) is 25.9 Å². The van der Waals surface area contributed by atoms with Crippen molar-refractivity contribution in [2.75, 3.05) is 51.4 Å². The first-order valence-corrected chi connectivity index (χ1v) is 16.2. The summed E-state index contributed by atoms with van der Waals surface area (Å²) in [6.45, 7) is 3.92. The van der Waals surface area contributed by atoms with Gasteiger partial charge in [0.15, 0.2) is 15.0 Å². The monoisotopic (exact) mass is 600 g/mol. The van der Waals surface area contributed by atoms with E-state index in [0.717, 1.165) is 19.1 Å². The molecule has 0 aliphatic carbocycles. The van der Waals surface area contributed by atoms with Crippen LogP contribution in [0.25, 0.3) is 10.2 Å². The number of sulfonamides is 1. The van der Waals surface area contributed by atoms with Gasteiger partial charge >= 0.3 is 0 Å². The van der Waals surface area contributed by atoms with Gasteiger partial charge in [-0.15, -0.1) is 12.4 Å². The summed E-state index contributed by atoms with van der Waals surface area (Å²) in [6, 6.07) is 11.0. The van der Waals surface area contributed by atoms with E-state index in [4.69, 9.17) is 0 Å². The number of piperidine rings is 1. The van der Waals surface area contributed by atoms with Crippen LogP contribution < -0.4 is 4.90 Å². The Kier molecular flexibility index (Phi) is 9.59. The molecule has 0 spiro atoms. The summed E-state index contributed by atoms with van der Waals surface area (Å²) >= 11 is 1.25. The van der Waals surface area contributed by atoms with Gasteiger partial charge in [0.2, 0.25) is 10.0 Å².